The van der Waals surface area contributed by atoms with Gasteiger partial charge in [0, 0.05) is 62.5 Å². The average molecular weight is 516 g/mol. The number of ether oxygens (including phenoxy) is 2. The van der Waals surface area contributed by atoms with E-state index in [-0.39, 0.29) is 0 Å². The lowest BCUT2D eigenvalue weighted by molar-refractivity contribution is 0.342. The first-order valence-electron chi connectivity index (χ1n) is 14.3. The van der Waals surface area contributed by atoms with E-state index in [1.807, 2.05) is 0 Å². The van der Waals surface area contributed by atoms with Gasteiger partial charge in [0.1, 0.15) is 37.9 Å². The van der Waals surface area contributed by atoms with Crippen molar-refractivity contribution >= 4 is 158 Å². The number of rotatable bonds is 15. The van der Waals surface area contributed by atoms with Crippen molar-refractivity contribution in [3.63, 3.8) is 0 Å². The first kappa shape index (κ1) is 30.6. The van der Waals surface area contributed by atoms with Crippen molar-refractivity contribution in [2.24, 2.45) is 0 Å². The Hall–Kier alpha value is 0.0787. The summed E-state index contributed by atoms with van der Waals surface area (Å²) in [5.74, 6) is 6.67. The first-order valence-corrected chi connectivity index (χ1v) is 15.4. The van der Waals surface area contributed by atoms with Gasteiger partial charge in [0.05, 0.1) is 77.4 Å². The highest BCUT2D eigenvalue weighted by Crippen LogP contribution is 2.29. The van der Waals surface area contributed by atoms with Gasteiger partial charge >= 0.3 is 0 Å². The molecule has 2 nitrogen and oxygen atoms in total. The summed E-state index contributed by atoms with van der Waals surface area (Å²) in [6.07, 6.45) is 5.58. The van der Waals surface area contributed by atoms with Crippen LogP contribution in [0.3, 0.4) is 0 Å². The third kappa shape index (κ3) is 8.05. The van der Waals surface area contributed by atoms with Gasteiger partial charge in [0.15, 0.2) is 0 Å². The minimum Gasteiger partial charge on any atom is -0.490 e. The van der Waals surface area contributed by atoms with Gasteiger partial charge in [-0.2, -0.15) is 0 Å². The van der Waals surface area contributed by atoms with Crippen molar-refractivity contribution in [2.75, 3.05) is 13.2 Å². The monoisotopic (exact) mass is 518 g/mol. The van der Waals surface area contributed by atoms with E-state index in [1.165, 1.54) is 16.5 Å². The zero-order valence-corrected chi connectivity index (χ0v) is 26.1. The molecule has 0 fully saturated rings. The number of hydrogen-bond donors (Lipinski definition) is 0. The Balaban J connectivity index is 1.56. The summed E-state index contributed by atoms with van der Waals surface area (Å²) in [7, 11) is 23.7. The van der Waals surface area contributed by atoms with E-state index >= 15 is 0 Å². The predicted octanol–water partition coefficient (Wildman–Crippen LogP) is -9.75. The molecule has 0 unspecified atom stereocenters. The highest BCUT2D eigenvalue weighted by atomic mass is 79.9. The summed E-state index contributed by atoms with van der Waals surface area (Å²) in [4.78, 5) is 0. The molecule has 2 heterocycles. The van der Waals surface area contributed by atoms with Crippen LogP contribution in [-0.2, 0) is 5.33 Å². The number of alkyl halides is 1. The van der Waals surface area contributed by atoms with Gasteiger partial charge < -0.3 is 9.47 Å². The third-order valence-electron chi connectivity index (χ3n) is 9.02. The Labute approximate surface area is 242 Å². The minimum atomic E-state index is 0.596. The van der Waals surface area contributed by atoms with E-state index in [2.05, 4.69) is 123 Å². The zero-order chi connectivity index (χ0) is 26.7. The molecule has 1 aromatic carbocycles. The molecule has 2 aliphatic heterocycles. The molecule has 0 amide bonds. The van der Waals surface area contributed by atoms with Crippen molar-refractivity contribution in [3.8, 4) is 11.5 Å². The van der Waals surface area contributed by atoms with Gasteiger partial charge in [-0.1, -0.05) is 26.9 Å². The molecule has 1 aromatic rings. The van der Waals surface area contributed by atoms with Gasteiger partial charge in [0.25, 0.3) is 0 Å². The highest BCUT2D eigenvalue weighted by Gasteiger charge is 2.45. The van der Waals surface area contributed by atoms with Crippen molar-refractivity contribution in [1.82, 2.24) is 0 Å². The van der Waals surface area contributed by atoms with Crippen LogP contribution in [-0.4, -0.2) is 155 Å². The van der Waals surface area contributed by atoms with Crippen molar-refractivity contribution in [3.05, 3.63) is 46.7 Å². The fourth-order valence-corrected chi connectivity index (χ4v) is 6.49. The Kier molecular flexibility index (Phi) is 11.4. The summed E-state index contributed by atoms with van der Waals surface area (Å²) in [5, 5.41) is 0.792. The molecule has 0 atom stereocenters. The van der Waals surface area contributed by atoms with Crippen LogP contribution in [0.4, 0.5) is 0 Å². The molecule has 23 heteroatoms. The molecule has 2 aliphatic rings. The van der Waals surface area contributed by atoms with Crippen LogP contribution >= 0.6 is 15.9 Å². The fraction of sp³-hybridized carbons (Fsp3) is 0.231. The maximum Gasteiger partial charge on any atom is 0.148 e. The summed E-state index contributed by atoms with van der Waals surface area (Å²) in [6.45, 7) is 2.55. The smallest absolute Gasteiger partial charge is 0.148 e. The van der Waals surface area contributed by atoms with Crippen molar-refractivity contribution in [2.45, 2.75) is 5.33 Å². The molecule has 0 bridgehead atoms. The summed E-state index contributed by atoms with van der Waals surface area (Å²) in [5.41, 5.74) is 4.10. The van der Waals surface area contributed by atoms with Gasteiger partial charge in [0.2, 0.25) is 0 Å². The normalized spacial score (nSPS) is 13.1. The van der Waals surface area contributed by atoms with E-state index in [0.29, 0.717) is 77.5 Å². The molecule has 0 aromatic heterocycles. The second-order valence-electron chi connectivity index (χ2n) is 12.9. The van der Waals surface area contributed by atoms with Gasteiger partial charge in [-0.05, 0) is 17.7 Å². The van der Waals surface area contributed by atoms with Gasteiger partial charge in [-0.15, -0.1) is 12.0 Å². The zero-order valence-electron chi connectivity index (χ0n) is 24.5. The molecule has 0 aliphatic carbocycles. The third-order valence-corrected chi connectivity index (χ3v) is 9.66. The van der Waals surface area contributed by atoms with Crippen LogP contribution < -0.4 is 9.47 Å². The minimum absolute atomic E-state index is 0.596. The molecule has 0 saturated carbocycles. The number of halogens is 1. The van der Waals surface area contributed by atoms with Crippen LogP contribution in [0.5, 0.6) is 11.5 Å². The predicted molar refractivity (Wildman–Crippen MR) is 209 cm³/mol. The Morgan fingerprint density at radius 2 is 1.00 bits per heavy atom. The number of benzene rings is 1. The average Bonchev–Trinajstić information content (AvgIpc) is 3.73. The lowest BCUT2D eigenvalue weighted by atomic mass is 8.57. The molecule has 0 saturated heterocycles. The van der Waals surface area contributed by atoms with E-state index in [9.17, 15) is 0 Å². The maximum atomic E-state index is 6.30. The molecular formula is C13H31B20BrO2. The van der Waals surface area contributed by atoms with Crippen LogP contribution in [0.15, 0.2) is 41.1 Å². The van der Waals surface area contributed by atoms with Gasteiger partial charge in [-0.3, -0.25) is 0 Å². The van der Waals surface area contributed by atoms with Crippen molar-refractivity contribution in [1.29, 1.82) is 0 Å². The molecule has 3 rings (SSSR count). The Morgan fingerprint density at radius 1 is 0.611 bits per heavy atom. The van der Waals surface area contributed by atoms with Crippen LogP contribution in [0.25, 0.3) is 0 Å². The number of hydrogen-bond acceptors (Lipinski definition) is 2. The summed E-state index contributed by atoms with van der Waals surface area (Å²) in [6, 6.07) is 6.33. The van der Waals surface area contributed by atoms with E-state index < -0.39 is 0 Å². The lowest BCUT2D eigenvalue weighted by Crippen LogP contribution is -2.64. The largest absolute Gasteiger partial charge is 0.490 e. The quantitative estimate of drug-likeness (QED) is 0.171. The molecule has 36 heavy (non-hydrogen) atoms. The standard InChI is InChI=1S/C13H31B20BrO2/c14-26(15)30(22)32(28(18)19)24-4-10(24)7-35-12-1-9(6-34)2-13(3-12)36-8-11-5-25(11)33(29(20)21)31(23)27(16)17/h1-5H,6-8,14-23H2. The second-order valence-corrected chi connectivity index (χ2v) is 13.5. The van der Waals surface area contributed by atoms with E-state index in [0.717, 1.165) is 16.8 Å². The van der Waals surface area contributed by atoms with E-state index in [1.54, 1.807) is 0 Å². The SMILES string of the molecule is BB(B)B(B)B(B(B)B)B1C=C1COc1cc(CBr)cc(OCC2=CB2B(B(B)B)B(B)B(B)B)c1. The van der Waals surface area contributed by atoms with Gasteiger partial charge in [-0.25, -0.2) is 0 Å². The first-order chi connectivity index (χ1) is 16.9. The fourth-order valence-electron chi connectivity index (χ4n) is 6.16. The molecule has 0 spiro atoms. The summed E-state index contributed by atoms with van der Waals surface area (Å²) >= 11 is 3.62. The topological polar surface area (TPSA) is 18.5 Å². The van der Waals surface area contributed by atoms with Crippen LogP contribution in [0.2, 0.25) is 0 Å². The molecule has 0 N–H and O–H groups in total. The second kappa shape index (κ2) is 13.4. The van der Waals surface area contributed by atoms with Crippen LogP contribution in [0, 0.1) is 0 Å². The molecule has 0 radical (unpaired) electrons. The maximum absolute atomic E-state index is 6.30. The Morgan fingerprint density at radius 3 is 1.31 bits per heavy atom. The highest BCUT2D eigenvalue weighted by molar-refractivity contribution is 9.08. The Bertz CT molecular complexity index is 887. The summed E-state index contributed by atoms with van der Waals surface area (Å²) < 4.78 is 12.6. The van der Waals surface area contributed by atoms with Crippen molar-refractivity contribution < 1.29 is 9.47 Å². The van der Waals surface area contributed by atoms with Crippen LogP contribution in [0.1, 0.15) is 5.56 Å². The molecular weight excluding hydrogens is 484 g/mol. The lowest BCUT2D eigenvalue weighted by Gasteiger charge is -2.24. The van der Waals surface area contributed by atoms with E-state index in [4.69, 9.17) is 9.47 Å². The molecule has 162 valence electrons.